The third kappa shape index (κ3) is 36.0. The van der Waals surface area contributed by atoms with Crippen molar-refractivity contribution >= 4 is 17.8 Å². The van der Waals surface area contributed by atoms with Crippen LogP contribution in [-0.4, -0.2) is 36.1 Å². The molecule has 6 nitrogen and oxygen atoms in total. The van der Waals surface area contributed by atoms with Gasteiger partial charge in [0.2, 0.25) is 6.10 Å². The smallest absolute Gasteiger partial charge is 0.306 e. The zero-order valence-corrected chi connectivity index (χ0v) is 33.5. The summed E-state index contributed by atoms with van der Waals surface area (Å²) in [5, 5.41) is 2.86. The molecule has 0 heterocycles. The van der Waals surface area contributed by atoms with Gasteiger partial charge in [0.1, 0.15) is 6.61 Å². The molecule has 0 aromatic rings. The summed E-state index contributed by atoms with van der Waals surface area (Å²) in [6.07, 6.45) is 37.6. The zero-order chi connectivity index (χ0) is 36.3. The highest BCUT2D eigenvalue weighted by atomic mass is 16.6. The van der Waals surface area contributed by atoms with Crippen molar-refractivity contribution in [1.82, 2.24) is 5.32 Å². The highest BCUT2D eigenvalue weighted by molar-refractivity contribution is 5.84. The second kappa shape index (κ2) is 34.8. The van der Waals surface area contributed by atoms with E-state index in [1.54, 1.807) is 0 Å². The SMILES string of the molecule is CCCCCCCCCCCCCCCCCC(=O)OCC(OC(=O)CCCCCCCCCCCCCCCCC)C(=O)NC(C)(C)C. The number of ether oxygens (including phenoxy) is 2. The first-order valence-electron chi connectivity index (χ1n) is 21.4. The van der Waals surface area contributed by atoms with Gasteiger partial charge in [-0.05, 0) is 33.6 Å². The predicted octanol–water partition coefficient (Wildman–Crippen LogP) is 12.9. The van der Waals surface area contributed by atoms with Gasteiger partial charge in [-0.1, -0.05) is 194 Å². The van der Waals surface area contributed by atoms with Gasteiger partial charge in [0.05, 0.1) is 0 Å². The van der Waals surface area contributed by atoms with Crippen LogP contribution in [0.1, 0.15) is 240 Å². The molecule has 290 valence electrons. The van der Waals surface area contributed by atoms with E-state index in [1.807, 2.05) is 20.8 Å². The zero-order valence-electron chi connectivity index (χ0n) is 33.5. The molecular weight excluding hydrogens is 610 g/mol. The van der Waals surface area contributed by atoms with Gasteiger partial charge >= 0.3 is 11.9 Å². The molecule has 49 heavy (non-hydrogen) atoms. The number of nitrogens with one attached hydrogen (secondary N) is 1. The number of carbonyl (C=O) groups excluding carboxylic acids is 3. The summed E-state index contributed by atoms with van der Waals surface area (Å²) in [4.78, 5) is 37.8. The molecule has 6 heteroatoms. The summed E-state index contributed by atoms with van der Waals surface area (Å²) < 4.78 is 10.9. The monoisotopic (exact) mass is 694 g/mol. The number of amides is 1. The Morgan fingerprint density at radius 3 is 1.04 bits per heavy atom. The van der Waals surface area contributed by atoms with Crippen molar-refractivity contribution in [2.24, 2.45) is 0 Å². The standard InChI is InChI=1S/C43H83NO5/c1-6-8-10-12-14-16-18-20-22-24-26-28-30-32-34-36-40(45)48-38-39(42(47)44-43(3,4)5)49-41(46)37-35-33-31-29-27-25-23-21-19-17-15-13-11-9-7-2/h39H,6-38H2,1-5H3,(H,44,47). The Labute approximate surface area is 304 Å². The molecule has 1 atom stereocenters. The van der Waals surface area contributed by atoms with Gasteiger partial charge in [-0.2, -0.15) is 0 Å². The van der Waals surface area contributed by atoms with Crippen molar-refractivity contribution in [2.45, 2.75) is 252 Å². The van der Waals surface area contributed by atoms with Crippen molar-refractivity contribution in [2.75, 3.05) is 6.61 Å². The van der Waals surface area contributed by atoms with Crippen molar-refractivity contribution < 1.29 is 23.9 Å². The van der Waals surface area contributed by atoms with Crippen LogP contribution in [-0.2, 0) is 23.9 Å². The molecule has 0 radical (unpaired) electrons. The lowest BCUT2D eigenvalue weighted by atomic mass is 10.0. The molecule has 0 rings (SSSR count). The third-order valence-corrected chi connectivity index (χ3v) is 9.43. The minimum Gasteiger partial charge on any atom is -0.461 e. The molecule has 1 unspecified atom stereocenters. The molecule has 0 aliphatic rings. The van der Waals surface area contributed by atoms with Crippen LogP contribution in [0.5, 0.6) is 0 Å². The summed E-state index contributed by atoms with van der Waals surface area (Å²) in [5.74, 6) is -1.15. The molecule has 0 spiro atoms. The molecule has 0 aromatic carbocycles. The summed E-state index contributed by atoms with van der Waals surface area (Å²) in [7, 11) is 0. The Balaban J connectivity index is 4.01. The average molecular weight is 694 g/mol. The second-order valence-corrected chi connectivity index (χ2v) is 15.8. The number of unbranched alkanes of at least 4 members (excludes halogenated alkanes) is 28. The number of hydrogen-bond donors (Lipinski definition) is 1. The Kier molecular flexibility index (Phi) is 33.7. The van der Waals surface area contributed by atoms with Crippen LogP contribution in [0.15, 0.2) is 0 Å². The first-order valence-corrected chi connectivity index (χ1v) is 21.4. The molecule has 0 aromatic heterocycles. The maximum Gasteiger partial charge on any atom is 0.306 e. The number of esters is 2. The fourth-order valence-electron chi connectivity index (χ4n) is 6.35. The Hall–Kier alpha value is -1.59. The quantitative estimate of drug-likeness (QED) is 0.0522. The van der Waals surface area contributed by atoms with E-state index >= 15 is 0 Å². The molecule has 0 saturated heterocycles. The average Bonchev–Trinajstić information content (AvgIpc) is 3.05. The molecule has 0 bridgehead atoms. The van der Waals surface area contributed by atoms with Crippen molar-refractivity contribution in [1.29, 1.82) is 0 Å². The minimum absolute atomic E-state index is 0.232. The lowest BCUT2D eigenvalue weighted by Crippen LogP contribution is -2.49. The minimum atomic E-state index is -1.12. The Morgan fingerprint density at radius 1 is 0.449 bits per heavy atom. The molecule has 0 aliphatic heterocycles. The third-order valence-electron chi connectivity index (χ3n) is 9.43. The van der Waals surface area contributed by atoms with Gasteiger partial charge in [0, 0.05) is 18.4 Å². The normalized spacial score (nSPS) is 12.2. The Bertz CT molecular complexity index is 762. The molecule has 1 amide bonds. The lowest BCUT2D eigenvalue weighted by molar-refractivity contribution is -0.164. The highest BCUT2D eigenvalue weighted by Crippen LogP contribution is 2.16. The van der Waals surface area contributed by atoms with Gasteiger partial charge in [-0.3, -0.25) is 14.4 Å². The van der Waals surface area contributed by atoms with E-state index in [-0.39, 0.29) is 19.0 Å². The topological polar surface area (TPSA) is 81.7 Å². The number of carbonyl (C=O) groups is 3. The van der Waals surface area contributed by atoms with Gasteiger partial charge < -0.3 is 14.8 Å². The van der Waals surface area contributed by atoms with E-state index in [1.165, 1.54) is 154 Å². The molecule has 0 aliphatic carbocycles. The Morgan fingerprint density at radius 2 is 0.735 bits per heavy atom. The molecular formula is C43H83NO5. The second-order valence-electron chi connectivity index (χ2n) is 15.8. The van der Waals surface area contributed by atoms with Crippen LogP contribution in [0.2, 0.25) is 0 Å². The van der Waals surface area contributed by atoms with Gasteiger partial charge in [-0.15, -0.1) is 0 Å². The van der Waals surface area contributed by atoms with Crippen LogP contribution >= 0.6 is 0 Å². The molecule has 1 N–H and O–H groups in total. The fraction of sp³-hybridized carbons (Fsp3) is 0.930. The van der Waals surface area contributed by atoms with Crippen molar-refractivity contribution in [3.05, 3.63) is 0 Å². The van der Waals surface area contributed by atoms with Crippen molar-refractivity contribution in [3.8, 4) is 0 Å². The van der Waals surface area contributed by atoms with E-state index in [9.17, 15) is 14.4 Å². The first kappa shape index (κ1) is 47.4. The van der Waals surface area contributed by atoms with Crippen LogP contribution in [0.25, 0.3) is 0 Å². The summed E-state index contributed by atoms with van der Waals surface area (Å²) in [5.41, 5.74) is -0.478. The number of rotatable bonds is 36. The van der Waals surface area contributed by atoms with E-state index in [2.05, 4.69) is 19.2 Å². The van der Waals surface area contributed by atoms with E-state index in [0.717, 1.165) is 38.5 Å². The largest absolute Gasteiger partial charge is 0.461 e. The van der Waals surface area contributed by atoms with Crippen LogP contribution in [0, 0.1) is 0 Å². The maximum atomic E-state index is 12.8. The fourth-order valence-corrected chi connectivity index (χ4v) is 6.35. The van der Waals surface area contributed by atoms with Gasteiger partial charge in [-0.25, -0.2) is 0 Å². The van der Waals surface area contributed by atoms with Gasteiger partial charge in [0.15, 0.2) is 0 Å². The molecule has 0 fully saturated rings. The predicted molar refractivity (Wildman–Crippen MR) is 208 cm³/mol. The number of hydrogen-bond acceptors (Lipinski definition) is 5. The van der Waals surface area contributed by atoms with E-state index in [4.69, 9.17) is 9.47 Å². The van der Waals surface area contributed by atoms with Crippen LogP contribution in [0.4, 0.5) is 0 Å². The summed E-state index contributed by atoms with van der Waals surface area (Å²) >= 11 is 0. The highest BCUT2D eigenvalue weighted by Gasteiger charge is 2.27. The molecule has 0 saturated carbocycles. The maximum absolute atomic E-state index is 12.8. The first-order chi connectivity index (χ1) is 23.7. The summed E-state index contributed by atoms with van der Waals surface area (Å²) in [6, 6.07) is 0. The van der Waals surface area contributed by atoms with Crippen LogP contribution < -0.4 is 5.32 Å². The van der Waals surface area contributed by atoms with E-state index < -0.39 is 23.5 Å². The van der Waals surface area contributed by atoms with Crippen LogP contribution in [0.3, 0.4) is 0 Å². The van der Waals surface area contributed by atoms with E-state index in [0.29, 0.717) is 6.42 Å². The van der Waals surface area contributed by atoms with Crippen molar-refractivity contribution in [3.63, 3.8) is 0 Å². The summed E-state index contributed by atoms with van der Waals surface area (Å²) in [6.45, 7) is 9.94. The lowest BCUT2D eigenvalue weighted by Gasteiger charge is -2.24. The van der Waals surface area contributed by atoms with Gasteiger partial charge in [0.25, 0.3) is 5.91 Å².